The van der Waals surface area contributed by atoms with Gasteiger partial charge >= 0.3 is 5.97 Å². The van der Waals surface area contributed by atoms with Gasteiger partial charge in [0.05, 0.1) is 24.7 Å². The van der Waals surface area contributed by atoms with E-state index >= 15 is 0 Å². The number of rotatable bonds is 10. The molecule has 2 rings (SSSR count). The molecule has 144 valence electrons. The number of carbonyl (C=O) groups is 2. The van der Waals surface area contributed by atoms with Crippen LogP contribution in [-0.2, 0) is 19.1 Å². The predicted octanol–water partition coefficient (Wildman–Crippen LogP) is 2.00. The van der Waals surface area contributed by atoms with Crippen LogP contribution in [0.5, 0.6) is 0 Å². The van der Waals surface area contributed by atoms with Crippen LogP contribution in [0, 0.1) is 11.8 Å². The SMILES string of the molecule is O=C1COCCC1CCC(O)CCCC(O)CCC1CCCOC1=O. The van der Waals surface area contributed by atoms with Crippen molar-refractivity contribution in [2.24, 2.45) is 11.8 Å². The van der Waals surface area contributed by atoms with Crippen molar-refractivity contribution in [3.63, 3.8) is 0 Å². The third kappa shape index (κ3) is 7.42. The van der Waals surface area contributed by atoms with Crippen LogP contribution in [0.2, 0.25) is 0 Å². The highest BCUT2D eigenvalue weighted by molar-refractivity contribution is 5.82. The molecule has 0 saturated carbocycles. The first-order valence-electron chi connectivity index (χ1n) is 9.69. The molecule has 25 heavy (non-hydrogen) atoms. The van der Waals surface area contributed by atoms with Crippen LogP contribution < -0.4 is 0 Å². The van der Waals surface area contributed by atoms with E-state index < -0.39 is 12.2 Å². The number of ether oxygens (including phenoxy) is 2. The molecule has 4 atom stereocenters. The number of hydrogen-bond acceptors (Lipinski definition) is 6. The van der Waals surface area contributed by atoms with Crippen molar-refractivity contribution in [1.82, 2.24) is 0 Å². The Morgan fingerprint density at radius 3 is 2.24 bits per heavy atom. The van der Waals surface area contributed by atoms with Crippen LogP contribution in [0.25, 0.3) is 0 Å². The molecular formula is C19H32O6. The number of aliphatic hydroxyl groups excluding tert-OH is 2. The third-order valence-corrected chi connectivity index (χ3v) is 5.36. The summed E-state index contributed by atoms with van der Waals surface area (Å²) in [7, 11) is 0. The van der Waals surface area contributed by atoms with Crippen LogP contribution in [0.4, 0.5) is 0 Å². The zero-order valence-corrected chi connectivity index (χ0v) is 15.0. The smallest absolute Gasteiger partial charge is 0.308 e. The first-order valence-corrected chi connectivity index (χ1v) is 9.69. The van der Waals surface area contributed by atoms with Crippen LogP contribution in [0.3, 0.4) is 0 Å². The summed E-state index contributed by atoms with van der Waals surface area (Å²) in [6.07, 6.45) is 6.32. The molecule has 6 nitrogen and oxygen atoms in total. The molecule has 0 aliphatic carbocycles. The largest absolute Gasteiger partial charge is 0.465 e. The van der Waals surface area contributed by atoms with E-state index in [9.17, 15) is 19.8 Å². The summed E-state index contributed by atoms with van der Waals surface area (Å²) < 4.78 is 10.1. The van der Waals surface area contributed by atoms with E-state index in [2.05, 4.69) is 0 Å². The number of ketones is 1. The number of cyclic esters (lactones) is 1. The summed E-state index contributed by atoms with van der Waals surface area (Å²) in [5, 5.41) is 20.1. The molecule has 0 radical (unpaired) electrons. The van der Waals surface area contributed by atoms with Crippen LogP contribution in [0.1, 0.15) is 64.2 Å². The van der Waals surface area contributed by atoms with Crippen LogP contribution >= 0.6 is 0 Å². The average molecular weight is 356 g/mol. The Hall–Kier alpha value is -0.980. The van der Waals surface area contributed by atoms with Crippen molar-refractivity contribution in [3.8, 4) is 0 Å². The zero-order valence-electron chi connectivity index (χ0n) is 15.0. The van der Waals surface area contributed by atoms with Gasteiger partial charge in [-0.15, -0.1) is 0 Å². The first-order chi connectivity index (χ1) is 12.1. The van der Waals surface area contributed by atoms with Gasteiger partial charge < -0.3 is 19.7 Å². The molecule has 2 aliphatic heterocycles. The number of Topliss-reactive ketones (excluding diaryl/α,β-unsaturated/α-hetero) is 1. The first kappa shape index (κ1) is 20.3. The molecule has 0 aromatic carbocycles. The molecule has 0 spiro atoms. The lowest BCUT2D eigenvalue weighted by molar-refractivity contribution is -0.153. The van der Waals surface area contributed by atoms with Gasteiger partial charge in [0.25, 0.3) is 0 Å². The molecule has 0 aromatic heterocycles. The minimum atomic E-state index is -0.431. The monoisotopic (exact) mass is 356 g/mol. The number of hydrogen-bond donors (Lipinski definition) is 2. The highest BCUT2D eigenvalue weighted by atomic mass is 16.5. The summed E-state index contributed by atoms with van der Waals surface area (Å²) in [5.74, 6) is -0.0121. The summed E-state index contributed by atoms with van der Waals surface area (Å²) in [5.41, 5.74) is 0. The average Bonchev–Trinajstić information content (AvgIpc) is 2.60. The van der Waals surface area contributed by atoms with Gasteiger partial charge in [-0.2, -0.15) is 0 Å². The van der Waals surface area contributed by atoms with Crippen molar-refractivity contribution in [3.05, 3.63) is 0 Å². The Bertz CT molecular complexity index is 386. The van der Waals surface area contributed by atoms with Crippen molar-refractivity contribution >= 4 is 11.8 Å². The molecule has 0 aromatic rings. The van der Waals surface area contributed by atoms with E-state index in [1.54, 1.807) is 0 Å². The van der Waals surface area contributed by atoms with Crippen molar-refractivity contribution in [2.45, 2.75) is 76.4 Å². The Kier molecular flexibility index (Phi) is 8.85. The fourth-order valence-electron chi connectivity index (χ4n) is 3.65. The fourth-order valence-corrected chi connectivity index (χ4v) is 3.65. The number of esters is 1. The second-order valence-electron chi connectivity index (χ2n) is 7.40. The molecule has 2 aliphatic rings. The quantitative estimate of drug-likeness (QED) is 0.582. The normalized spacial score (nSPS) is 27.0. The number of aliphatic hydroxyl groups is 2. The maximum atomic E-state index is 11.7. The van der Waals surface area contributed by atoms with Crippen molar-refractivity contribution < 1.29 is 29.3 Å². The van der Waals surface area contributed by atoms with Gasteiger partial charge in [0.1, 0.15) is 6.61 Å². The molecule has 0 bridgehead atoms. The second kappa shape index (κ2) is 10.9. The standard InChI is InChI=1S/C19H32O6/c20-16(8-6-14-10-12-24-13-18(14)22)4-1-5-17(21)9-7-15-3-2-11-25-19(15)23/h14-17,20-21H,1-13H2. The molecule has 2 N–H and O–H groups in total. The van der Waals surface area contributed by atoms with Crippen LogP contribution in [0.15, 0.2) is 0 Å². The molecule has 2 fully saturated rings. The van der Waals surface area contributed by atoms with E-state index in [1.807, 2.05) is 0 Å². The minimum Gasteiger partial charge on any atom is -0.465 e. The Balaban J connectivity index is 1.52. The molecule has 6 heteroatoms. The van der Waals surface area contributed by atoms with E-state index in [1.165, 1.54) is 0 Å². The van der Waals surface area contributed by atoms with E-state index in [0.717, 1.165) is 32.1 Å². The maximum Gasteiger partial charge on any atom is 0.308 e. The summed E-state index contributed by atoms with van der Waals surface area (Å²) in [6, 6.07) is 0. The lowest BCUT2D eigenvalue weighted by Gasteiger charge is -2.22. The number of carbonyl (C=O) groups excluding carboxylic acids is 2. The molecule has 2 saturated heterocycles. The lowest BCUT2D eigenvalue weighted by Crippen LogP contribution is -2.28. The van der Waals surface area contributed by atoms with Gasteiger partial charge in [-0.05, 0) is 64.2 Å². The summed E-state index contributed by atoms with van der Waals surface area (Å²) >= 11 is 0. The highest BCUT2D eigenvalue weighted by Gasteiger charge is 2.25. The minimum absolute atomic E-state index is 0.0317. The molecule has 0 amide bonds. The molecular weight excluding hydrogens is 324 g/mol. The van der Waals surface area contributed by atoms with E-state index in [-0.39, 0.29) is 30.2 Å². The highest BCUT2D eigenvalue weighted by Crippen LogP contribution is 2.23. The predicted molar refractivity (Wildman–Crippen MR) is 91.9 cm³/mol. The lowest BCUT2D eigenvalue weighted by atomic mass is 9.91. The Morgan fingerprint density at radius 2 is 1.60 bits per heavy atom. The van der Waals surface area contributed by atoms with Gasteiger partial charge in [0.15, 0.2) is 5.78 Å². The zero-order chi connectivity index (χ0) is 18.1. The van der Waals surface area contributed by atoms with Gasteiger partial charge in [-0.3, -0.25) is 9.59 Å². The summed E-state index contributed by atoms with van der Waals surface area (Å²) in [6.45, 7) is 1.37. The third-order valence-electron chi connectivity index (χ3n) is 5.36. The molecule has 2 heterocycles. The van der Waals surface area contributed by atoms with Gasteiger partial charge in [0.2, 0.25) is 0 Å². The van der Waals surface area contributed by atoms with E-state index in [4.69, 9.17) is 9.47 Å². The van der Waals surface area contributed by atoms with Crippen molar-refractivity contribution in [2.75, 3.05) is 19.8 Å². The Morgan fingerprint density at radius 1 is 0.920 bits per heavy atom. The molecule has 4 unspecified atom stereocenters. The van der Waals surface area contributed by atoms with E-state index in [0.29, 0.717) is 45.3 Å². The maximum absolute atomic E-state index is 11.7. The van der Waals surface area contributed by atoms with Gasteiger partial charge in [-0.25, -0.2) is 0 Å². The summed E-state index contributed by atoms with van der Waals surface area (Å²) in [4.78, 5) is 23.2. The van der Waals surface area contributed by atoms with Gasteiger partial charge in [0, 0.05) is 12.5 Å². The Labute approximate surface area is 149 Å². The topological polar surface area (TPSA) is 93.1 Å². The fraction of sp³-hybridized carbons (Fsp3) is 0.895. The van der Waals surface area contributed by atoms with Gasteiger partial charge in [-0.1, -0.05) is 0 Å². The second-order valence-corrected chi connectivity index (χ2v) is 7.40. The van der Waals surface area contributed by atoms with Crippen molar-refractivity contribution in [1.29, 1.82) is 0 Å². The van der Waals surface area contributed by atoms with Crippen LogP contribution in [-0.4, -0.2) is 54.0 Å².